The molecule has 0 amide bonds. The zero-order valence-electron chi connectivity index (χ0n) is 16.5. The monoisotopic (exact) mass is 416 g/mol. The van der Waals surface area contributed by atoms with Crippen LogP contribution in [0.15, 0.2) is 81.8 Å². The van der Waals surface area contributed by atoms with E-state index in [9.17, 15) is 14.7 Å². The Kier molecular flexibility index (Phi) is 5.84. The van der Waals surface area contributed by atoms with E-state index < -0.39 is 17.1 Å². The van der Waals surface area contributed by atoms with Crippen molar-refractivity contribution >= 4 is 11.9 Å². The summed E-state index contributed by atoms with van der Waals surface area (Å²) in [5.74, 6) is -0.406. The first-order chi connectivity index (χ1) is 15.1. The topological polar surface area (TPSA) is 118 Å². The average Bonchev–Trinajstić information content (AvgIpc) is 3.28. The van der Waals surface area contributed by atoms with Gasteiger partial charge in [0, 0.05) is 12.8 Å². The smallest absolute Gasteiger partial charge is 0.331 e. The van der Waals surface area contributed by atoms with Gasteiger partial charge in [-0.05, 0) is 29.7 Å². The summed E-state index contributed by atoms with van der Waals surface area (Å²) in [5.41, 5.74) is 1.21. The Labute approximate surface area is 177 Å². The minimum atomic E-state index is -0.690. The second-order valence-corrected chi connectivity index (χ2v) is 6.90. The van der Waals surface area contributed by atoms with Crippen molar-refractivity contribution in [3.8, 4) is 5.88 Å². The molecule has 0 saturated carbocycles. The fraction of sp³-hybridized carbons (Fsp3) is 0.136. The lowest BCUT2D eigenvalue weighted by molar-refractivity contribution is 0.399. The van der Waals surface area contributed by atoms with Crippen molar-refractivity contribution in [1.82, 2.24) is 24.3 Å². The van der Waals surface area contributed by atoms with E-state index >= 15 is 0 Å². The lowest BCUT2D eigenvalue weighted by Crippen LogP contribution is -2.32. The van der Waals surface area contributed by atoms with Crippen molar-refractivity contribution in [2.45, 2.75) is 19.5 Å². The van der Waals surface area contributed by atoms with Crippen LogP contribution in [0.25, 0.3) is 0 Å². The predicted molar refractivity (Wildman–Crippen MR) is 116 cm³/mol. The lowest BCUT2D eigenvalue weighted by atomic mass is 10.1. The van der Waals surface area contributed by atoms with Gasteiger partial charge in [0.15, 0.2) is 0 Å². The number of hydrogen-bond acceptors (Lipinski definition) is 6. The summed E-state index contributed by atoms with van der Waals surface area (Å²) >= 11 is 0. The number of aromatic hydroxyl groups is 1. The normalized spacial score (nSPS) is 11.2. The largest absolute Gasteiger partial charge is 0.494 e. The molecule has 0 fully saturated rings. The van der Waals surface area contributed by atoms with Crippen LogP contribution in [-0.2, 0) is 19.5 Å². The zero-order chi connectivity index (χ0) is 21.6. The first kappa shape index (κ1) is 20.0. The predicted octanol–water partition coefficient (Wildman–Crippen LogP) is 1.88. The Morgan fingerprint density at radius 1 is 1.03 bits per heavy atom. The van der Waals surface area contributed by atoms with E-state index in [2.05, 4.69) is 20.1 Å². The van der Waals surface area contributed by atoms with Crippen molar-refractivity contribution in [2.24, 2.45) is 4.99 Å². The Morgan fingerprint density at radius 3 is 2.52 bits per heavy atom. The van der Waals surface area contributed by atoms with Crippen LogP contribution in [0.5, 0.6) is 5.88 Å². The van der Waals surface area contributed by atoms with Crippen LogP contribution in [0.1, 0.15) is 16.7 Å². The highest BCUT2D eigenvalue weighted by Gasteiger charge is 2.12. The van der Waals surface area contributed by atoms with Gasteiger partial charge >= 0.3 is 5.69 Å². The van der Waals surface area contributed by atoms with Gasteiger partial charge in [-0.1, -0.05) is 42.5 Å². The van der Waals surface area contributed by atoms with Crippen LogP contribution in [0, 0.1) is 0 Å². The van der Waals surface area contributed by atoms with Gasteiger partial charge in [-0.3, -0.25) is 19.3 Å². The van der Waals surface area contributed by atoms with Gasteiger partial charge in [0.05, 0.1) is 12.2 Å². The molecule has 0 aliphatic heterocycles. The quantitative estimate of drug-likeness (QED) is 0.446. The van der Waals surface area contributed by atoms with Crippen LogP contribution in [0.4, 0.5) is 5.69 Å². The van der Waals surface area contributed by atoms with Crippen molar-refractivity contribution < 1.29 is 5.11 Å². The Bertz CT molecular complexity index is 1290. The number of benzene rings is 2. The van der Waals surface area contributed by atoms with Crippen LogP contribution >= 0.6 is 0 Å². The lowest BCUT2D eigenvalue weighted by Gasteiger charge is -2.09. The van der Waals surface area contributed by atoms with E-state index in [1.54, 1.807) is 23.1 Å². The van der Waals surface area contributed by atoms with E-state index in [1.807, 2.05) is 42.5 Å². The van der Waals surface area contributed by atoms with Crippen LogP contribution < -0.4 is 11.2 Å². The molecule has 4 aromatic rings. The molecule has 0 bridgehead atoms. The molecule has 2 N–H and O–H groups in total. The second-order valence-electron chi connectivity index (χ2n) is 6.90. The minimum absolute atomic E-state index is 0.0700. The third kappa shape index (κ3) is 4.84. The van der Waals surface area contributed by atoms with E-state index in [-0.39, 0.29) is 12.1 Å². The maximum absolute atomic E-state index is 12.2. The minimum Gasteiger partial charge on any atom is -0.494 e. The molecule has 9 nitrogen and oxygen atoms in total. The SMILES string of the molecule is O=c1[nH]c(=O)n(CCc2ccccc2)c(O)c1C=Nc1ccc(Cn2cncn2)cc1. The van der Waals surface area contributed by atoms with Gasteiger partial charge in [0.1, 0.15) is 18.2 Å². The first-order valence-corrected chi connectivity index (χ1v) is 9.65. The van der Waals surface area contributed by atoms with E-state index in [0.29, 0.717) is 18.7 Å². The number of rotatable bonds is 7. The summed E-state index contributed by atoms with van der Waals surface area (Å²) in [6.07, 6.45) is 4.90. The number of aromatic nitrogens is 5. The summed E-state index contributed by atoms with van der Waals surface area (Å²) in [4.78, 5) is 34.8. The van der Waals surface area contributed by atoms with Gasteiger partial charge in [-0.25, -0.2) is 14.5 Å². The molecular weight excluding hydrogens is 396 g/mol. The van der Waals surface area contributed by atoms with Crippen LogP contribution in [-0.4, -0.2) is 35.6 Å². The number of aliphatic imine (C=N–C) groups is 1. The summed E-state index contributed by atoms with van der Waals surface area (Å²) in [7, 11) is 0. The molecule has 0 unspecified atom stereocenters. The van der Waals surface area contributed by atoms with Crippen molar-refractivity contribution in [1.29, 1.82) is 0 Å². The highest BCUT2D eigenvalue weighted by Crippen LogP contribution is 2.15. The number of aryl methyl sites for hydroxylation is 1. The summed E-state index contributed by atoms with van der Waals surface area (Å²) < 4.78 is 2.84. The van der Waals surface area contributed by atoms with Crippen LogP contribution in [0.2, 0.25) is 0 Å². The molecule has 9 heteroatoms. The molecule has 0 saturated heterocycles. The average molecular weight is 416 g/mol. The molecular formula is C22H20N6O3. The molecule has 4 rings (SSSR count). The van der Waals surface area contributed by atoms with E-state index in [0.717, 1.165) is 15.7 Å². The van der Waals surface area contributed by atoms with Gasteiger partial charge in [0.25, 0.3) is 5.56 Å². The molecule has 0 atom stereocenters. The molecule has 0 aliphatic carbocycles. The highest BCUT2D eigenvalue weighted by atomic mass is 16.3. The maximum atomic E-state index is 12.2. The Hall–Kier alpha value is -4.27. The molecule has 0 aliphatic rings. The molecule has 0 spiro atoms. The van der Waals surface area contributed by atoms with Gasteiger partial charge in [-0.2, -0.15) is 5.10 Å². The van der Waals surface area contributed by atoms with Crippen LogP contribution in [0.3, 0.4) is 0 Å². The Balaban J connectivity index is 1.52. The van der Waals surface area contributed by atoms with Gasteiger partial charge in [-0.15, -0.1) is 0 Å². The number of H-pyrrole nitrogens is 1. The summed E-state index contributed by atoms with van der Waals surface area (Å²) in [6, 6.07) is 16.9. The maximum Gasteiger partial charge on any atom is 0.331 e. The van der Waals surface area contributed by atoms with Crippen molar-refractivity contribution in [2.75, 3.05) is 0 Å². The molecule has 31 heavy (non-hydrogen) atoms. The molecule has 2 aromatic heterocycles. The molecule has 156 valence electrons. The highest BCUT2D eigenvalue weighted by molar-refractivity contribution is 5.84. The third-order valence-corrected chi connectivity index (χ3v) is 4.76. The summed E-state index contributed by atoms with van der Waals surface area (Å²) in [6.45, 7) is 0.806. The van der Waals surface area contributed by atoms with E-state index in [1.165, 1.54) is 12.5 Å². The standard InChI is InChI=1S/C22H20N6O3/c29-20-19(12-24-18-8-6-17(7-9-18)13-27-15-23-14-25-27)21(30)28(22(31)26-20)11-10-16-4-2-1-3-5-16/h1-9,12,14-15,30H,10-11,13H2,(H,26,29,31). The fourth-order valence-corrected chi connectivity index (χ4v) is 3.11. The van der Waals surface area contributed by atoms with E-state index in [4.69, 9.17) is 0 Å². The van der Waals surface area contributed by atoms with Gasteiger partial charge < -0.3 is 5.11 Å². The molecule has 2 heterocycles. The Morgan fingerprint density at radius 2 is 1.81 bits per heavy atom. The second kappa shape index (κ2) is 9.04. The summed E-state index contributed by atoms with van der Waals surface area (Å²) in [5, 5.41) is 14.6. The van der Waals surface area contributed by atoms with Crippen molar-refractivity contribution in [3.05, 3.63) is 105 Å². The molecule has 0 radical (unpaired) electrons. The van der Waals surface area contributed by atoms with Gasteiger partial charge in [0.2, 0.25) is 5.88 Å². The number of hydrogen-bond donors (Lipinski definition) is 2. The number of aromatic amines is 1. The van der Waals surface area contributed by atoms with Crippen molar-refractivity contribution in [3.63, 3.8) is 0 Å². The fourth-order valence-electron chi connectivity index (χ4n) is 3.11. The zero-order valence-corrected chi connectivity index (χ0v) is 16.5. The first-order valence-electron chi connectivity index (χ1n) is 9.65. The number of nitrogens with zero attached hydrogens (tertiary/aromatic N) is 5. The third-order valence-electron chi connectivity index (χ3n) is 4.76. The number of nitrogens with one attached hydrogen (secondary N) is 1. The molecule has 2 aromatic carbocycles.